The molecule has 1 aromatic rings. The van der Waals surface area contributed by atoms with Gasteiger partial charge in [-0.2, -0.15) is 5.10 Å². The van der Waals surface area contributed by atoms with E-state index in [0.717, 1.165) is 11.3 Å². The number of fused-ring (bicyclic) bond motifs is 1. The second kappa shape index (κ2) is 7.38. The zero-order chi connectivity index (χ0) is 17.9. The summed E-state index contributed by atoms with van der Waals surface area (Å²) in [5.74, 6) is 0.180. The number of carbonyl (C=O) groups is 2. The molecule has 26 heavy (non-hydrogen) atoms. The summed E-state index contributed by atoms with van der Waals surface area (Å²) in [6, 6.07) is 9.67. The Balaban J connectivity index is 1.48. The first kappa shape index (κ1) is 16.9. The molecule has 3 heterocycles. The topological polar surface area (TPSA) is 86.3 Å². The summed E-state index contributed by atoms with van der Waals surface area (Å²) >= 11 is 1.36. The Bertz CT molecular complexity index is 761. The molecule has 0 radical (unpaired) electrons. The lowest BCUT2D eigenvalue weighted by molar-refractivity contribution is -0.132. The number of carbonyl (C=O) groups excluding carboxylic acids is 2. The molecule has 1 atom stereocenters. The highest BCUT2D eigenvalue weighted by atomic mass is 32.2. The number of rotatable bonds is 3. The van der Waals surface area contributed by atoms with E-state index in [1.807, 2.05) is 40.1 Å². The van der Waals surface area contributed by atoms with Crippen LogP contribution in [0, 0.1) is 0 Å². The van der Waals surface area contributed by atoms with Crippen LogP contribution < -0.4 is 10.7 Å². The fraction of sp³-hybridized carbons (Fsp3) is 0.353. The number of amidine groups is 1. The van der Waals surface area contributed by atoms with Crippen LogP contribution in [-0.2, 0) is 14.3 Å². The molecular formula is C17H19N5O3S. The van der Waals surface area contributed by atoms with Crippen LogP contribution in [-0.4, -0.2) is 65.1 Å². The highest BCUT2D eigenvalue weighted by Crippen LogP contribution is 2.29. The maximum absolute atomic E-state index is 12.4. The van der Waals surface area contributed by atoms with E-state index in [1.54, 1.807) is 6.08 Å². The van der Waals surface area contributed by atoms with E-state index in [2.05, 4.69) is 15.8 Å². The SMILES string of the molecule is O=C1C=C(c2ccccc2)N2C(SCC(=O)N3CCOCC3)=NNC2N1. The number of hydrogen-bond acceptors (Lipinski definition) is 7. The number of amides is 2. The molecule has 0 spiro atoms. The van der Waals surface area contributed by atoms with Crippen molar-refractivity contribution >= 4 is 34.4 Å². The molecule has 3 aliphatic heterocycles. The standard InChI is InChI=1S/C17H19N5O3S/c23-14-10-13(12-4-2-1-3-5-12)22-16(18-14)19-20-17(22)26-11-15(24)21-6-8-25-9-7-21/h1-5,10,16,19H,6-9,11H2,(H,18,23). The number of hydrogen-bond donors (Lipinski definition) is 2. The third kappa shape index (κ3) is 3.40. The number of ether oxygens (including phenoxy) is 1. The number of morpholine rings is 1. The van der Waals surface area contributed by atoms with Crippen LogP contribution >= 0.6 is 11.8 Å². The normalized spacial score (nSPS) is 22.2. The molecule has 2 amide bonds. The zero-order valence-electron chi connectivity index (χ0n) is 14.1. The molecule has 8 nitrogen and oxygen atoms in total. The van der Waals surface area contributed by atoms with Gasteiger partial charge in [-0.1, -0.05) is 42.1 Å². The zero-order valence-corrected chi connectivity index (χ0v) is 14.9. The van der Waals surface area contributed by atoms with E-state index in [9.17, 15) is 9.59 Å². The molecule has 1 saturated heterocycles. The van der Waals surface area contributed by atoms with Crippen LogP contribution in [0.25, 0.3) is 5.70 Å². The molecule has 136 valence electrons. The molecule has 4 rings (SSSR count). The Kier molecular flexibility index (Phi) is 4.81. The van der Waals surface area contributed by atoms with Gasteiger partial charge in [-0.3, -0.25) is 19.9 Å². The van der Waals surface area contributed by atoms with Gasteiger partial charge < -0.3 is 15.0 Å². The van der Waals surface area contributed by atoms with Crippen LogP contribution in [0.1, 0.15) is 5.56 Å². The van der Waals surface area contributed by atoms with Crippen molar-refractivity contribution in [2.75, 3.05) is 32.1 Å². The summed E-state index contributed by atoms with van der Waals surface area (Å²) < 4.78 is 5.28. The smallest absolute Gasteiger partial charge is 0.249 e. The molecule has 1 unspecified atom stereocenters. The average Bonchev–Trinajstić information content (AvgIpc) is 3.09. The van der Waals surface area contributed by atoms with Crippen LogP contribution in [0.15, 0.2) is 41.5 Å². The van der Waals surface area contributed by atoms with Gasteiger partial charge in [0.05, 0.1) is 24.7 Å². The van der Waals surface area contributed by atoms with Gasteiger partial charge in [0.1, 0.15) is 0 Å². The van der Waals surface area contributed by atoms with Gasteiger partial charge in [-0.25, -0.2) is 0 Å². The van der Waals surface area contributed by atoms with Crippen molar-refractivity contribution in [3.05, 3.63) is 42.0 Å². The third-order valence-corrected chi connectivity index (χ3v) is 5.25. The van der Waals surface area contributed by atoms with Crippen LogP contribution in [0.2, 0.25) is 0 Å². The average molecular weight is 373 g/mol. The van der Waals surface area contributed by atoms with Gasteiger partial charge in [0.15, 0.2) is 11.5 Å². The summed E-state index contributed by atoms with van der Waals surface area (Å²) in [6.45, 7) is 2.42. The van der Waals surface area contributed by atoms with E-state index in [0.29, 0.717) is 37.2 Å². The van der Waals surface area contributed by atoms with Crippen molar-refractivity contribution in [2.45, 2.75) is 6.29 Å². The maximum Gasteiger partial charge on any atom is 0.249 e. The minimum Gasteiger partial charge on any atom is -0.378 e. The Labute approximate surface area is 155 Å². The third-order valence-electron chi connectivity index (χ3n) is 4.31. The lowest BCUT2D eigenvalue weighted by Gasteiger charge is -2.33. The van der Waals surface area contributed by atoms with Gasteiger partial charge in [-0.05, 0) is 5.56 Å². The highest BCUT2D eigenvalue weighted by Gasteiger charge is 2.36. The van der Waals surface area contributed by atoms with Crippen molar-refractivity contribution in [3.8, 4) is 0 Å². The summed E-state index contributed by atoms with van der Waals surface area (Å²) in [7, 11) is 0. The van der Waals surface area contributed by atoms with Crippen molar-refractivity contribution < 1.29 is 14.3 Å². The lowest BCUT2D eigenvalue weighted by Crippen LogP contribution is -2.54. The molecule has 3 aliphatic rings. The van der Waals surface area contributed by atoms with Crippen molar-refractivity contribution in [1.29, 1.82) is 0 Å². The number of benzene rings is 1. The first-order valence-corrected chi connectivity index (χ1v) is 9.39. The Hall–Kier alpha value is -2.52. The fourth-order valence-electron chi connectivity index (χ4n) is 3.01. The monoisotopic (exact) mass is 373 g/mol. The molecular weight excluding hydrogens is 354 g/mol. The predicted octanol–water partition coefficient (Wildman–Crippen LogP) is 0.209. The summed E-state index contributed by atoms with van der Waals surface area (Å²) in [4.78, 5) is 28.1. The predicted molar refractivity (Wildman–Crippen MR) is 98.6 cm³/mol. The van der Waals surface area contributed by atoms with Gasteiger partial charge >= 0.3 is 0 Å². The number of nitrogens with zero attached hydrogens (tertiary/aromatic N) is 3. The van der Waals surface area contributed by atoms with Crippen LogP contribution in [0.3, 0.4) is 0 Å². The molecule has 2 N–H and O–H groups in total. The second-order valence-electron chi connectivity index (χ2n) is 5.98. The van der Waals surface area contributed by atoms with Crippen molar-refractivity contribution in [3.63, 3.8) is 0 Å². The van der Waals surface area contributed by atoms with Gasteiger partial charge in [0.2, 0.25) is 11.8 Å². The Morgan fingerprint density at radius 2 is 2.04 bits per heavy atom. The van der Waals surface area contributed by atoms with Crippen molar-refractivity contribution in [1.82, 2.24) is 20.5 Å². The molecule has 0 aliphatic carbocycles. The minimum absolute atomic E-state index is 0.0655. The number of thioether (sulfide) groups is 1. The minimum atomic E-state index is -0.441. The molecule has 1 aromatic carbocycles. The summed E-state index contributed by atoms with van der Waals surface area (Å²) in [6.07, 6.45) is 1.11. The Morgan fingerprint density at radius 1 is 1.27 bits per heavy atom. The highest BCUT2D eigenvalue weighted by molar-refractivity contribution is 8.14. The molecule has 0 bridgehead atoms. The fourth-order valence-corrected chi connectivity index (χ4v) is 3.91. The number of nitrogens with one attached hydrogen (secondary N) is 2. The van der Waals surface area contributed by atoms with E-state index < -0.39 is 6.29 Å². The largest absolute Gasteiger partial charge is 0.378 e. The molecule has 0 saturated carbocycles. The first-order chi connectivity index (χ1) is 12.7. The molecule has 0 aromatic heterocycles. The van der Waals surface area contributed by atoms with Crippen molar-refractivity contribution in [2.24, 2.45) is 5.10 Å². The number of hydrazone groups is 1. The van der Waals surface area contributed by atoms with Gasteiger partial charge in [-0.15, -0.1) is 0 Å². The van der Waals surface area contributed by atoms with Gasteiger partial charge in [0, 0.05) is 19.2 Å². The molecule has 9 heteroatoms. The molecule has 1 fully saturated rings. The van der Waals surface area contributed by atoms with Crippen LogP contribution in [0.4, 0.5) is 0 Å². The quantitative estimate of drug-likeness (QED) is 0.788. The maximum atomic E-state index is 12.4. The van der Waals surface area contributed by atoms with E-state index in [1.165, 1.54) is 11.8 Å². The van der Waals surface area contributed by atoms with Crippen LogP contribution in [0.5, 0.6) is 0 Å². The Morgan fingerprint density at radius 3 is 2.81 bits per heavy atom. The van der Waals surface area contributed by atoms with Gasteiger partial charge in [0.25, 0.3) is 0 Å². The summed E-state index contributed by atoms with van der Waals surface area (Å²) in [5.41, 5.74) is 4.60. The van der Waals surface area contributed by atoms with E-state index in [-0.39, 0.29) is 11.8 Å². The second-order valence-corrected chi connectivity index (χ2v) is 6.92. The lowest BCUT2D eigenvalue weighted by atomic mass is 10.1. The summed E-state index contributed by atoms with van der Waals surface area (Å²) in [5, 5.41) is 7.79. The van der Waals surface area contributed by atoms with E-state index >= 15 is 0 Å². The van der Waals surface area contributed by atoms with E-state index in [4.69, 9.17) is 4.74 Å². The first-order valence-electron chi connectivity index (χ1n) is 8.41.